The maximum absolute atomic E-state index is 13.5. The van der Waals surface area contributed by atoms with Crippen LogP contribution in [0.1, 0.15) is 53.0 Å². The normalized spacial score (nSPS) is 15.8. The molecule has 0 saturated carbocycles. The number of nitrogens with zero attached hydrogens (tertiary/aromatic N) is 2. The van der Waals surface area contributed by atoms with Crippen molar-refractivity contribution in [3.05, 3.63) is 101 Å². The van der Waals surface area contributed by atoms with Crippen molar-refractivity contribution in [1.29, 1.82) is 0 Å². The van der Waals surface area contributed by atoms with E-state index in [2.05, 4.69) is 9.88 Å². The van der Waals surface area contributed by atoms with Crippen LogP contribution in [0.3, 0.4) is 0 Å². The number of benzene rings is 2. The van der Waals surface area contributed by atoms with Crippen molar-refractivity contribution in [1.82, 2.24) is 9.88 Å². The number of halogens is 1. The van der Waals surface area contributed by atoms with E-state index in [1.54, 1.807) is 37.4 Å². The van der Waals surface area contributed by atoms with Gasteiger partial charge in [0.15, 0.2) is 0 Å². The molecule has 172 valence electrons. The molecular formula is C27H29FN2O3. The Balaban J connectivity index is 1.37. The highest BCUT2D eigenvalue weighted by Crippen LogP contribution is 2.30. The quantitative estimate of drug-likeness (QED) is 0.445. The average Bonchev–Trinajstić information content (AvgIpc) is 2.85. The predicted molar refractivity (Wildman–Crippen MR) is 124 cm³/mol. The fourth-order valence-electron chi connectivity index (χ4n) is 4.15. The van der Waals surface area contributed by atoms with Crippen LogP contribution in [0.4, 0.5) is 4.39 Å². The van der Waals surface area contributed by atoms with Crippen LogP contribution in [0.5, 0.6) is 0 Å². The first-order chi connectivity index (χ1) is 16.1. The Bertz CT molecular complexity index is 1030. The lowest BCUT2D eigenvalue weighted by molar-refractivity contribution is -0.0283. The summed E-state index contributed by atoms with van der Waals surface area (Å²) in [6.07, 6.45) is 3.32. The van der Waals surface area contributed by atoms with Crippen LogP contribution < -0.4 is 0 Å². The number of hydrogen-bond donors (Lipinski definition) is 0. The van der Waals surface area contributed by atoms with Crippen LogP contribution >= 0.6 is 0 Å². The molecular weight excluding hydrogens is 419 g/mol. The Kier molecular flexibility index (Phi) is 7.81. The molecule has 3 aromatic rings. The molecule has 1 unspecified atom stereocenters. The second-order valence-corrected chi connectivity index (χ2v) is 8.21. The highest BCUT2D eigenvalue weighted by molar-refractivity contribution is 5.89. The topological polar surface area (TPSA) is 51.7 Å². The average molecular weight is 449 g/mol. The van der Waals surface area contributed by atoms with Crippen molar-refractivity contribution >= 4 is 5.97 Å². The fourth-order valence-corrected chi connectivity index (χ4v) is 4.15. The second-order valence-electron chi connectivity index (χ2n) is 8.21. The molecule has 0 amide bonds. The SMILES string of the molecule is CCOC(=O)c1ccnc(CN2CCC(OC(c3ccccc3)c3ccc(F)cc3)CC2)c1. The lowest BCUT2D eigenvalue weighted by Crippen LogP contribution is -2.37. The van der Waals surface area contributed by atoms with Gasteiger partial charge in [0.05, 0.1) is 24.0 Å². The summed E-state index contributed by atoms with van der Waals surface area (Å²) in [6, 6.07) is 20.1. The molecule has 2 heterocycles. The standard InChI is InChI=1S/C27H29FN2O3/c1-2-32-27(31)22-12-15-29-24(18-22)19-30-16-13-25(14-17-30)33-26(20-6-4-3-5-7-20)21-8-10-23(28)11-9-21/h3-12,15,18,25-26H,2,13-14,16-17,19H2,1H3. The van der Waals surface area contributed by atoms with E-state index in [9.17, 15) is 9.18 Å². The summed E-state index contributed by atoms with van der Waals surface area (Å²) in [5.74, 6) is -0.569. The van der Waals surface area contributed by atoms with Gasteiger partial charge in [0.1, 0.15) is 11.9 Å². The largest absolute Gasteiger partial charge is 0.462 e. The lowest BCUT2D eigenvalue weighted by atomic mass is 10.00. The van der Waals surface area contributed by atoms with E-state index in [-0.39, 0.29) is 24.0 Å². The number of pyridine rings is 1. The lowest BCUT2D eigenvalue weighted by Gasteiger charge is -2.34. The first-order valence-corrected chi connectivity index (χ1v) is 11.4. The number of likely N-dealkylation sites (tertiary alicyclic amines) is 1. The molecule has 1 saturated heterocycles. The predicted octanol–water partition coefficient (Wildman–Crippen LogP) is 5.17. The van der Waals surface area contributed by atoms with Crippen LogP contribution in [0.15, 0.2) is 72.9 Å². The minimum absolute atomic E-state index is 0.107. The van der Waals surface area contributed by atoms with Crippen LogP contribution in [0.2, 0.25) is 0 Å². The minimum atomic E-state index is -0.319. The Morgan fingerprint density at radius 2 is 1.76 bits per heavy atom. The van der Waals surface area contributed by atoms with Gasteiger partial charge >= 0.3 is 5.97 Å². The summed E-state index contributed by atoms with van der Waals surface area (Å²) < 4.78 is 25.1. The summed E-state index contributed by atoms with van der Waals surface area (Å²) in [6.45, 7) is 4.58. The zero-order chi connectivity index (χ0) is 23.0. The van der Waals surface area contributed by atoms with Crippen molar-refractivity contribution in [3.8, 4) is 0 Å². The first-order valence-electron chi connectivity index (χ1n) is 11.4. The van der Waals surface area contributed by atoms with Crippen molar-refractivity contribution in [2.24, 2.45) is 0 Å². The molecule has 1 aliphatic rings. The van der Waals surface area contributed by atoms with Gasteiger partial charge in [0, 0.05) is 25.8 Å². The molecule has 0 spiro atoms. The van der Waals surface area contributed by atoms with Gasteiger partial charge < -0.3 is 9.47 Å². The summed E-state index contributed by atoms with van der Waals surface area (Å²) in [5, 5.41) is 0. The van der Waals surface area contributed by atoms with Crippen LogP contribution in [0.25, 0.3) is 0 Å². The van der Waals surface area contributed by atoms with Gasteiger partial charge in [-0.2, -0.15) is 0 Å². The maximum Gasteiger partial charge on any atom is 0.338 e. The van der Waals surface area contributed by atoms with Gasteiger partial charge in [-0.25, -0.2) is 9.18 Å². The monoisotopic (exact) mass is 448 g/mol. The number of carbonyl (C=O) groups excluding carboxylic acids is 1. The molecule has 0 bridgehead atoms. The van der Waals surface area contributed by atoms with E-state index in [0.717, 1.165) is 42.8 Å². The van der Waals surface area contributed by atoms with E-state index >= 15 is 0 Å². The molecule has 0 aliphatic carbocycles. The van der Waals surface area contributed by atoms with Gasteiger partial charge in [-0.3, -0.25) is 9.88 Å². The number of carbonyl (C=O) groups is 1. The Hall–Kier alpha value is -3.09. The third-order valence-electron chi connectivity index (χ3n) is 5.85. The number of aromatic nitrogens is 1. The van der Waals surface area contributed by atoms with Crippen molar-refractivity contribution in [2.45, 2.75) is 38.5 Å². The number of ether oxygens (including phenoxy) is 2. The fraction of sp³-hybridized carbons (Fsp3) is 0.333. The Morgan fingerprint density at radius 3 is 2.45 bits per heavy atom. The van der Waals surface area contributed by atoms with E-state index in [1.807, 2.05) is 30.3 Å². The minimum Gasteiger partial charge on any atom is -0.462 e. The molecule has 1 atom stereocenters. The van der Waals surface area contributed by atoms with Crippen LogP contribution in [0, 0.1) is 5.82 Å². The summed E-state index contributed by atoms with van der Waals surface area (Å²) in [4.78, 5) is 18.7. The summed E-state index contributed by atoms with van der Waals surface area (Å²) in [5.41, 5.74) is 3.40. The van der Waals surface area contributed by atoms with E-state index < -0.39 is 0 Å². The van der Waals surface area contributed by atoms with Gasteiger partial charge in [-0.15, -0.1) is 0 Å². The van der Waals surface area contributed by atoms with Crippen LogP contribution in [-0.2, 0) is 16.0 Å². The van der Waals surface area contributed by atoms with Crippen molar-refractivity contribution < 1.29 is 18.7 Å². The van der Waals surface area contributed by atoms with Gasteiger partial charge in [0.25, 0.3) is 0 Å². The number of hydrogen-bond acceptors (Lipinski definition) is 5. The molecule has 0 radical (unpaired) electrons. The van der Waals surface area contributed by atoms with Gasteiger partial charge in [-0.1, -0.05) is 42.5 Å². The molecule has 33 heavy (non-hydrogen) atoms. The summed E-state index contributed by atoms with van der Waals surface area (Å²) >= 11 is 0. The highest BCUT2D eigenvalue weighted by atomic mass is 19.1. The number of rotatable bonds is 8. The Labute approximate surface area is 194 Å². The zero-order valence-electron chi connectivity index (χ0n) is 18.8. The number of esters is 1. The van der Waals surface area contributed by atoms with E-state index in [0.29, 0.717) is 18.7 Å². The summed E-state index contributed by atoms with van der Waals surface area (Å²) in [7, 11) is 0. The molecule has 1 fully saturated rings. The van der Waals surface area contributed by atoms with E-state index in [1.165, 1.54) is 12.1 Å². The molecule has 6 heteroatoms. The van der Waals surface area contributed by atoms with Crippen molar-refractivity contribution in [3.63, 3.8) is 0 Å². The zero-order valence-corrected chi connectivity index (χ0v) is 18.8. The van der Waals surface area contributed by atoms with Gasteiger partial charge in [-0.05, 0) is 55.2 Å². The molecule has 4 rings (SSSR count). The molecule has 5 nitrogen and oxygen atoms in total. The maximum atomic E-state index is 13.5. The third-order valence-corrected chi connectivity index (χ3v) is 5.85. The number of piperidine rings is 1. The van der Waals surface area contributed by atoms with E-state index in [4.69, 9.17) is 9.47 Å². The Morgan fingerprint density at radius 1 is 1.06 bits per heavy atom. The van der Waals surface area contributed by atoms with Gasteiger partial charge in [0.2, 0.25) is 0 Å². The third kappa shape index (κ3) is 6.24. The van der Waals surface area contributed by atoms with Crippen LogP contribution in [-0.4, -0.2) is 41.7 Å². The first kappa shape index (κ1) is 23.1. The molecule has 1 aliphatic heterocycles. The second kappa shape index (κ2) is 11.2. The molecule has 0 N–H and O–H groups in total. The molecule has 1 aromatic heterocycles. The smallest absolute Gasteiger partial charge is 0.338 e. The highest BCUT2D eigenvalue weighted by Gasteiger charge is 2.25. The van der Waals surface area contributed by atoms with Crippen molar-refractivity contribution in [2.75, 3.05) is 19.7 Å². The molecule has 2 aromatic carbocycles.